The lowest BCUT2D eigenvalue weighted by Crippen LogP contribution is -2.32. The molecule has 2 aromatic rings. The van der Waals surface area contributed by atoms with Crippen molar-refractivity contribution >= 4 is 32.8 Å². The number of ether oxygens (including phenoxy) is 1. The second kappa shape index (κ2) is 5.51. The predicted molar refractivity (Wildman–Crippen MR) is 84.0 cm³/mol. The zero-order chi connectivity index (χ0) is 16.6. The van der Waals surface area contributed by atoms with E-state index in [4.69, 9.17) is 4.74 Å². The number of esters is 1. The third kappa shape index (κ3) is 2.95. The first-order valence-electron chi connectivity index (χ1n) is 6.83. The van der Waals surface area contributed by atoms with Crippen LogP contribution < -0.4 is 4.72 Å². The number of aromatic nitrogens is 2. The van der Waals surface area contributed by atoms with E-state index in [-0.39, 0.29) is 18.0 Å². The minimum atomic E-state index is -3.99. The standard InChI is InChI=1S/C14H14N4O4S/c1-3-22-14(19)12-7-11(16-23(20,21)17-12)9-4-5-13-10(6-9)8-15-18(13)2/h4-8,17H,3H2,1-2H3. The zero-order valence-electron chi connectivity index (χ0n) is 12.5. The Hall–Kier alpha value is -2.68. The van der Waals surface area contributed by atoms with Gasteiger partial charge in [0.15, 0.2) is 0 Å². The van der Waals surface area contributed by atoms with Gasteiger partial charge in [-0.2, -0.15) is 13.5 Å². The summed E-state index contributed by atoms with van der Waals surface area (Å²) >= 11 is 0. The summed E-state index contributed by atoms with van der Waals surface area (Å²) in [5, 5.41) is 4.98. The minimum absolute atomic E-state index is 0.145. The molecule has 0 aliphatic carbocycles. The molecule has 1 aliphatic heterocycles. The van der Waals surface area contributed by atoms with Crippen LogP contribution in [0.2, 0.25) is 0 Å². The number of hydrogen-bond acceptors (Lipinski definition) is 5. The van der Waals surface area contributed by atoms with E-state index in [0.29, 0.717) is 5.56 Å². The summed E-state index contributed by atoms with van der Waals surface area (Å²) < 4.78 is 36.0. The second-order valence-electron chi connectivity index (χ2n) is 4.87. The molecule has 3 rings (SSSR count). The van der Waals surface area contributed by atoms with Crippen molar-refractivity contribution in [1.29, 1.82) is 0 Å². The van der Waals surface area contributed by atoms with Gasteiger partial charge in [0.1, 0.15) is 5.70 Å². The van der Waals surface area contributed by atoms with Crippen LogP contribution in [-0.2, 0) is 26.8 Å². The molecule has 8 nitrogen and oxygen atoms in total. The maximum Gasteiger partial charge on any atom is 0.355 e. The van der Waals surface area contributed by atoms with Gasteiger partial charge in [0.2, 0.25) is 0 Å². The second-order valence-corrected chi connectivity index (χ2v) is 6.21. The number of carbonyl (C=O) groups is 1. The number of nitrogens with zero attached hydrogens (tertiary/aromatic N) is 3. The highest BCUT2D eigenvalue weighted by atomic mass is 32.2. The maximum atomic E-state index is 11.9. The molecule has 1 aliphatic rings. The first-order chi connectivity index (χ1) is 10.9. The van der Waals surface area contributed by atoms with E-state index in [2.05, 4.69) is 14.2 Å². The van der Waals surface area contributed by atoms with Gasteiger partial charge in [0.05, 0.1) is 24.0 Å². The van der Waals surface area contributed by atoms with Gasteiger partial charge in [-0.15, -0.1) is 4.40 Å². The number of rotatable bonds is 3. The van der Waals surface area contributed by atoms with Crippen LogP contribution in [0, 0.1) is 0 Å². The van der Waals surface area contributed by atoms with Crippen molar-refractivity contribution in [2.75, 3.05) is 6.61 Å². The molecule has 23 heavy (non-hydrogen) atoms. The Bertz CT molecular complexity index is 956. The summed E-state index contributed by atoms with van der Waals surface area (Å²) in [6, 6.07) is 5.30. The molecular weight excluding hydrogens is 320 g/mol. The predicted octanol–water partition coefficient (Wildman–Crippen LogP) is 0.657. The lowest BCUT2D eigenvalue weighted by atomic mass is 10.1. The summed E-state index contributed by atoms with van der Waals surface area (Å²) in [5.74, 6) is -0.745. The number of allylic oxidation sites excluding steroid dienone is 1. The third-order valence-electron chi connectivity index (χ3n) is 3.28. The average molecular weight is 334 g/mol. The molecule has 0 spiro atoms. The smallest absolute Gasteiger partial charge is 0.355 e. The molecule has 0 unspecified atom stereocenters. The van der Waals surface area contributed by atoms with Crippen LogP contribution in [0.1, 0.15) is 12.5 Å². The lowest BCUT2D eigenvalue weighted by molar-refractivity contribution is -0.138. The van der Waals surface area contributed by atoms with Crippen LogP contribution >= 0.6 is 0 Å². The fourth-order valence-electron chi connectivity index (χ4n) is 2.25. The zero-order valence-corrected chi connectivity index (χ0v) is 13.3. The molecule has 0 atom stereocenters. The van der Waals surface area contributed by atoms with Gasteiger partial charge in [-0.25, -0.2) is 4.79 Å². The number of carbonyl (C=O) groups excluding carboxylic acids is 1. The van der Waals surface area contributed by atoms with E-state index in [1.165, 1.54) is 6.08 Å². The highest BCUT2D eigenvalue weighted by Crippen LogP contribution is 2.18. The average Bonchev–Trinajstić information content (AvgIpc) is 2.87. The van der Waals surface area contributed by atoms with E-state index in [1.54, 1.807) is 29.9 Å². The van der Waals surface area contributed by atoms with Crippen molar-refractivity contribution in [2.24, 2.45) is 11.4 Å². The number of benzene rings is 1. The molecule has 0 amide bonds. The van der Waals surface area contributed by atoms with E-state index in [1.807, 2.05) is 13.1 Å². The molecule has 1 N–H and O–H groups in total. The van der Waals surface area contributed by atoms with Gasteiger partial charge in [0.25, 0.3) is 0 Å². The van der Waals surface area contributed by atoms with Crippen LogP contribution in [-0.4, -0.2) is 36.5 Å². The van der Waals surface area contributed by atoms with Gasteiger partial charge in [-0.3, -0.25) is 9.40 Å². The minimum Gasteiger partial charge on any atom is -0.461 e. The number of hydrogen-bond donors (Lipinski definition) is 1. The van der Waals surface area contributed by atoms with Crippen molar-refractivity contribution in [3.63, 3.8) is 0 Å². The van der Waals surface area contributed by atoms with Crippen molar-refractivity contribution in [1.82, 2.24) is 14.5 Å². The van der Waals surface area contributed by atoms with Crippen molar-refractivity contribution in [3.8, 4) is 0 Å². The van der Waals surface area contributed by atoms with Crippen LogP contribution in [0.3, 0.4) is 0 Å². The van der Waals surface area contributed by atoms with Crippen LogP contribution in [0.25, 0.3) is 10.9 Å². The van der Waals surface area contributed by atoms with Crippen molar-refractivity contribution < 1.29 is 17.9 Å². The fourth-order valence-corrected chi connectivity index (χ4v) is 3.14. The Kier molecular flexibility index (Phi) is 3.64. The van der Waals surface area contributed by atoms with E-state index >= 15 is 0 Å². The van der Waals surface area contributed by atoms with Crippen LogP contribution in [0.15, 0.2) is 40.6 Å². The molecular formula is C14H14N4O4S. The van der Waals surface area contributed by atoms with Gasteiger partial charge < -0.3 is 4.74 Å². The first-order valence-corrected chi connectivity index (χ1v) is 8.27. The molecule has 0 radical (unpaired) electrons. The molecule has 0 saturated heterocycles. The largest absolute Gasteiger partial charge is 0.461 e. The van der Waals surface area contributed by atoms with Crippen LogP contribution in [0.4, 0.5) is 0 Å². The summed E-state index contributed by atoms with van der Waals surface area (Å²) in [6.07, 6.45) is 3.03. The highest BCUT2D eigenvalue weighted by molar-refractivity contribution is 7.88. The highest BCUT2D eigenvalue weighted by Gasteiger charge is 2.24. The van der Waals surface area contributed by atoms with E-state index in [9.17, 15) is 13.2 Å². The summed E-state index contributed by atoms with van der Waals surface area (Å²) in [5.41, 5.74) is 1.47. The van der Waals surface area contributed by atoms with Gasteiger partial charge in [-0.05, 0) is 25.1 Å². The molecule has 0 bridgehead atoms. The summed E-state index contributed by atoms with van der Waals surface area (Å²) in [7, 11) is -2.18. The van der Waals surface area contributed by atoms with Gasteiger partial charge in [0, 0.05) is 18.0 Å². The molecule has 9 heteroatoms. The van der Waals surface area contributed by atoms with Crippen molar-refractivity contribution in [3.05, 3.63) is 41.7 Å². The lowest BCUT2D eigenvalue weighted by Gasteiger charge is -2.14. The van der Waals surface area contributed by atoms with Gasteiger partial charge >= 0.3 is 16.2 Å². The first kappa shape index (κ1) is 15.2. The van der Waals surface area contributed by atoms with E-state index in [0.717, 1.165) is 10.9 Å². The monoisotopic (exact) mass is 334 g/mol. The molecule has 0 saturated carbocycles. The maximum absolute atomic E-state index is 11.9. The number of nitrogens with one attached hydrogen (secondary N) is 1. The Morgan fingerprint density at radius 3 is 2.91 bits per heavy atom. The topological polar surface area (TPSA) is 103 Å². The molecule has 120 valence electrons. The van der Waals surface area contributed by atoms with Gasteiger partial charge in [-0.1, -0.05) is 6.07 Å². The fraction of sp³-hybridized carbons (Fsp3) is 0.214. The Balaban J connectivity index is 2.07. The quantitative estimate of drug-likeness (QED) is 0.831. The molecule has 1 aromatic heterocycles. The SMILES string of the molecule is CCOC(=O)C1=CC(c2ccc3c(cnn3C)c2)=NS(=O)(=O)N1. The number of aryl methyl sites for hydroxylation is 1. The van der Waals surface area contributed by atoms with E-state index < -0.39 is 16.2 Å². The Morgan fingerprint density at radius 1 is 1.39 bits per heavy atom. The Labute approximate surface area is 132 Å². The molecule has 1 aromatic carbocycles. The van der Waals surface area contributed by atoms with Crippen LogP contribution in [0.5, 0.6) is 0 Å². The normalized spacial score (nSPS) is 16.4. The summed E-state index contributed by atoms with van der Waals surface area (Å²) in [4.78, 5) is 11.8. The Morgan fingerprint density at radius 2 is 2.17 bits per heavy atom. The third-order valence-corrected chi connectivity index (χ3v) is 4.19. The van der Waals surface area contributed by atoms with Crippen molar-refractivity contribution in [2.45, 2.75) is 6.92 Å². The number of fused-ring (bicyclic) bond motifs is 1. The molecule has 0 fully saturated rings. The molecule has 2 heterocycles. The summed E-state index contributed by atoms with van der Waals surface area (Å²) in [6.45, 7) is 1.78.